The lowest BCUT2D eigenvalue weighted by Gasteiger charge is -2.34. The van der Waals surface area contributed by atoms with Gasteiger partial charge >= 0.3 is 0 Å². The third-order valence-corrected chi connectivity index (χ3v) is 13.9. The molecule has 0 bridgehead atoms. The molecule has 43 heavy (non-hydrogen) atoms. The second kappa shape index (κ2) is 9.24. The van der Waals surface area contributed by atoms with Crippen LogP contribution in [0.2, 0.25) is 0 Å². The summed E-state index contributed by atoms with van der Waals surface area (Å²) < 4.78 is 4.57. The van der Waals surface area contributed by atoms with Gasteiger partial charge in [-0.15, -0.1) is 0 Å². The average molecular weight is 569 g/mol. The highest BCUT2D eigenvalue weighted by atomic mass is 28.3. The van der Waals surface area contributed by atoms with E-state index in [-0.39, 0.29) is 0 Å². The first-order valence-electron chi connectivity index (χ1n) is 14.7. The molecule has 2 N–H and O–H groups in total. The summed E-state index contributed by atoms with van der Waals surface area (Å²) in [6, 6.07) is 55.9. The van der Waals surface area contributed by atoms with E-state index in [9.17, 15) is 0 Å². The molecule has 204 valence electrons. The van der Waals surface area contributed by atoms with Gasteiger partial charge in [0.05, 0.1) is 22.2 Å². The van der Waals surface area contributed by atoms with Crippen molar-refractivity contribution < 1.29 is 0 Å². The number of rotatable bonds is 5. The molecular weight excluding hydrogens is 541 g/mol. The van der Waals surface area contributed by atoms with Crippen LogP contribution in [0.15, 0.2) is 158 Å². The molecule has 2 aliphatic heterocycles. The predicted octanol–water partition coefficient (Wildman–Crippen LogP) is 6.20. The molecule has 7 aromatic rings. The summed E-state index contributed by atoms with van der Waals surface area (Å²) in [4.78, 5) is 0. The van der Waals surface area contributed by atoms with E-state index in [4.69, 9.17) is 0 Å². The number of hydrogen-bond donors (Lipinski definition) is 2. The normalized spacial score (nSPS) is 12.2. The maximum Gasteiger partial charge on any atom is 0.179 e. The Labute approximate surface area is 249 Å². The van der Waals surface area contributed by atoms with Crippen LogP contribution >= 0.6 is 0 Å². The Morgan fingerprint density at radius 1 is 0.442 bits per heavy atom. The maximum absolute atomic E-state index is 3.31. The summed E-state index contributed by atoms with van der Waals surface area (Å²) >= 11 is 0. The van der Waals surface area contributed by atoms with Crippen LogP contribution in [0, 0.1) is 0 Å². The van der Waals surface area contributed by atoms with E-state index >= 15 is 0 Å². The van der Waals surface area contributed by atoms with E-state index in [0.717, 1.165) is 16.9 Å². The van der Waals surface area contributed by atoms with Crippen molar-refractivity contribution in [1.29, 1.82) is 0 Å². The first-order valence-corrected chi connectivity index (χ1v) is 16.7. The van der Waals surface area contributed by atoms with Crippen LogP contribution in [0.4, 0.5) is 0 Å². The molecule has 1 aromatic heterocycles. The Morgan fingerprint density at radius 2 is 0.953 bits per heavy atom. The van der Waals surface area contributed by atoms with Crippen molar-refractivity contribution in [2.75, 3.05) is 0 Å². The van der Waals surface area contributed by atoms with Crippen LogP contribution in [0.1, 0.15) is 0 Å². The zero-order valence-electron chi connectivity index (χ0n) is 23.4. The Kier molecular flexibility index (Phi) is 5.18. The van der Waals surface area contributed by atoms with Gasteiger partial charge in [0.1, 0.15) is 0 Å². The number of nitrogens with one attached hydrogen (secondary N) is 2. The van der Waals surface area contributed by atoms with E-state index in [1.807, 2.05) is 6.20 Å². The lowest BCUT2D eigenvalue weighted by Crippen LogP contribution is -2.74. The molecule has 6 aromatic carbocycles. The zero-order valence-corrected chi connectivity index (χ0v) is 24.4. The van der Waals surface area contributed by atoms with Crippen LogP contribution in [0.3, 0.4) is 0 Å². The second-order valence-electron chi connectivity index (χ2n) is 11.2. The van der Waals surface area contributed by atoms with Crippen molar-refractivity contribution >= 4 is 61.5 Å². The fourth-order valence-electron chi connectivity index (χ4n) is 7.37. The largest absolute Gasteiger partial charge is 0.309 e. The minimum Gasteiger partial charge on any atom is -0.309 e. The number of benzene rings is 6. The van der Waals surface area contributed by atoms with Gasteiger partial charge in [0.15, 0.2) is 8.07 Å². The van der Waals surface area contributed by atoms with Crippen LogP contribution in [0.5, 0.6) is 0 Å². The van der Waals surface area contributed by atoms with Crippen molar-refractivity contribution in [2.24, 2.45) is 0 Å². The van der Waals surface area contributed by atoms with Gasteiger partial charge in [-0.05, 0) is 51.1 Å². The van der Waals surface area contributed by atoms with Crippen molar-refractivity contribution in [2.45, 2.75) is 0 Å². The highest BCUT2D eigenvalue weighted by molar-refractivity contribution is 7.19. The van der Waals surface area contributed by atoms with Crippen molar-refractivity contribution in [3.63, 3.8) is 0 Å². The first-order chi connectivity index (χ1) is 21.4. The Bertz CT molecular complexity index is 2150. The van der Waals surface area contributed by atoms with Gasteiger partial charge in [-0.3, -0.25) is 5.10 Å². The Morgan fingerprint density at radius 3 is 1.56 bits per heavy atom. The smallest absolute Gasteiger partial charge is 0.179 e. The van der Waals surface area contributed by atoms with E-state index in [1.54, 1.807) is 0 Å². The topological polar surface area (TPSA) is 41.4 Å². The maximum atomic E-state index is 3.31. The number of aromatic nitrogens is 4. The van der Waals surface area contributed by atoms with Crippen LogP contribution < -0.4 is 20.7 Å². The number of hydrogen-bond acceptors (Lipinski definition) is 0. The molecule has 0 fully saturated rings. The molecule has 0 atom stereocenters. The lowest BCUT2D eigenvalue weighted by atomic mass is 10.0. The lowest BCUT2D eigenvalue weighted by molar-refractivity contribution is 0.841. The average Bonchev–Trinajstić information content (AvgIpc) is 3.71. The molecule has 0 radical (unpaired) electrons. The number of aromatic amines is 2. The summed E-state index contributed by atoms with van der Waals surface area (Å²) in [7, 11) is -2.58. The zero-order chi connectivity index (χ0) is 28.4. The Hall–Kier alpha value is -5.52. The standard InChI is InChI=1S/C38H28N4Si/c1-4-12-28(13-5-1)43(29-14-6-2-7-15-29,30-16-8-3-9-17-30)31-24-22-27(23-25-31)41-33-19-10-18-32-36-26-39-40-42(36)35-21-11-20-34(41)38(35)37(32)33/h1-26,39-40H. The van der Waals surface area contributed by atoms with Crippen molar-refractivity contribution in [1.82, 2.24) is 19.6 Å². The minimum atomic E-state index is -2.58. The monoisotopic (exact) mass is 568 g/mol. The molecule has 0 amide bonds. The fraction of sp³-hybridized carbons (Fsp3) is 0. The number of fused-ring (bicyclic) bond motifs is 3. The van der Waals surface area contributed by atoms with E-state index in [0.29, 0.717) is 0 Å². The van der Waals surface area contributed by atoms with E-state index in [1.165, 1.54) is 47.9 Å². The molecule has 0 spiro atoms. The van der Waals surface area contributed by atoms with Gasteiger partial charge in [-0.25, -0.2) is 9.90 Å². The predicted molar refractivity (Wildman–Crippen MR) is 181 cm³/mol. The van der Waals surface area contributed by atoms with Crippen LogP contribution in [0.25, 0.3) is 44.1 Å². The van der Waals surface area contributed by atoms with Crippen molar-refractivity contribution in [3.05, 3.63) is 158 Å². The number of nitrogens with zero attached hydrogens (tertiary/aromatic N) is 2. The van der Waals surface area contributed by atoms with Gasteiger partial charge in [0.2, 0.25) is 0 Å². The molecule has 0 aliphatic carbocycles. The molecule has 9 rings (SSSR count). The molecule has 5 heteroatoms. The van der Waals surface area contributed by atoms with Gasteiger partial charge in [-0.2, -0.15) is 0 Å². The summed E-state index contributed by atoms with van der Waals surface area (Å²) in [5.41, 5.74) is 5.90. The number of H-pyrrole nitrogens is 2. The quantitative estimate of drug-likeness (QED) is 0.141. The van der Waals surface area contributed by atoms with Crippen molar-refractivity contribution in [3.8, 4) is 11.4 Å². The molecular formula is C38H28N4Si. The summed E-state index contributed by atoms with van der Waals surface area (Å²) in [6.45, 7) is 0. The third kappa shape index (κ3) is 3.31. The van der Waals surface area contributed by atoms with Gasteiger partial charge < -0.3 is 4.57 Å². The summed E-state index contributed by atoms with van der Waals surface area (Å²) in [6.07, 6.45) is 2.05. The molecule has 0 unspecified atom stereocenters. The third-order valence-electron chi connectivity index (χ3n) is 9.12. The molecule has 0 saturated carbocycles. The van der Waals surface area contributed by atoms with Gasteiger partial charge in [0.25, 0.3) is 0 Å². The highest BCUT2D eigenvalue weighted by Gasteiger charge is 2.41. The minimum absolute atomic E-state index is 1.14. The molecule has 4 nitrogen and oxygen atoms in total. The summed E-state index contributed by atoms with van der Waals surface area (Å²) in [5.74, 6) is 0. The van der Waals surface area contributed by atoms with Gasteiger partial charge in [0, 0.05) is 28.0 Å². The Balaban J connectivity index is 1.32. The molecule has 2 aliphatic rings. The highest BCUT2D eigenvalue weighted by Crippen LogP contribution is 2.41. The molecule has 0 saturated heterocycles. The van der Waals surface area contributed by atoms with E-state index < -0.39 is 8.07 Å². The molecule has 3 heterocycles. The van der Waals surface area contributed by atoms with Gasteiger partial charge in [-0.1, -0.05) is 121 Å². The number of pyridine rings is 1. The first kappa shape index (κ1) is 24.1. The second-order valence-corrected chi connectivity index (χ2v) is 15.0. The van der Waals surface area contributed by atoms with E-state index in [2.05, 4.69) is 171 Å². The fourth-order valence-corrected chi connectivity index (χ4v) is 12.1. The summed E-state index contributed by atoms with van der Waals surface area (Å²) in [5, 5.41) is 15.8. The van der Waals surface area contributed by atoms with Crippen LogP contribution in [-0.4, -0.2) is 27.6 Å². The van der Waals surface area contributed by atoms with Crippen LogP contribution in [-0.2, 0) is 0 Å². The SMILES string of the molecule is c1ccc([Si](c2ccccc2)(c2ccccc2)c2ccc(-n3c4cccc5c6c[nH][nH]n-6c6cccc3c6c54)cc2)cc1.